The fraction of sp³-hybridized carbons (Fsp3) is 0.667. The van der Waals surface area contributed by atoms with E-state index in [1.165, 1.54) is 6.92 Å². The van der Waals surface area contributed by atoms with Gasteiger partial charge in [0, 0.05) is 56.4 Å². The topological polar surface area (TPSA) is 161 Å². The van der Waals surface area contributed by atoms with E-state index >= 15 is 0 Å². The van der Waals surface area contributed by atoms with E-state index in [2.05, 4.69) is 24.1 Å². The molecule has 0 aromatic heterocycles. The molecule has 6 N–H and O–H groups in total. The van der Waals surface area contributed by atoms with E-state index in [0.717, 1.165) is 49.7 Å². The van der Waals surface area contributed by atoms with E-state index in [4.69, 9.17) is 20.9 Å². The molecule has 2 heterocycles. The van der Waals surface area contributed by atoms with E-state index < -0.39 is 12.2 Å². The molecule has 1 aromatic carbocycles. The molecule has 43 heavy (non-hydrogen) atoms. The Morgan fingerprint density at radius 2 is 2.05 bits per heavy atom. The Morgan fingerprint density at radius 3 is 2.79 bits per heavy atom. The van der Waals surface area contributed by atoms with Crippen molar-refractivity contribution in [2.45, 2.75) is 116 Å². The number of aromatic hydroxyl groups is 1. The number of aliphatic imine (C=N–C) groups is 1. The highest BCUT2D eigenvalue weighted by atomic mass is 16.5. The van der Waals surface area contributed by atoms with Crippen molar-refractivity contribution in [1.29, 1.82) is 0 Å². The number of likely N-dealkylation sites (tertiary alicyclic amines) is 1. The number of hydrogen-bond donors (Lipinski definition) is 4. The maximum Gasteiger partial charge on any atom is 0.302 e. The molecule has 3 aliphatic rings. The minimum absolute atomic E-state index is 0.00639. The average Bonchev–Trinajstić information content (AvgIpc) is 3.48. The number of nitrogens with two attached hydrogens (primary N) is 2. The maximum atomic E-state index is 12.9. The van der Waals surface area contributed by atoms with Gasteiger partial charge in [0.05, 0.1) is 6.10 Å². The number of phenolic OH excluding ortho intramolecular Hbond substituents is 1. The van der Waals surface area contributed by atoms with Gasteiger partial charge in [-0.1, -0.05) is 38.3 Å². The van der Waals surface area contributed by atoms with Crippen molar-refractivity contribution in [3.63, 3.8) is 0 Å². The number of aliphatic hydroxyl groups is 1. The molecule has 0 spiro atoms. The largest absolute Gasteiger partial charge is 0.504 e. The number of rotatable bonds is 15. The van der Waals surface area contributed by atoms with Gasteiger partial charge in [-0.05, 0) is 62.5 Å². The van der Waals surface area contributed by atoms with Crippen molar-refractivity contribution in [1.82, 2.24) is 4.90 Å². The summed E-state index contributed by atoms with van der Waals surface area (Å²) in [5.41, 5.74) is 13.3. The molecule has 5 atom stereocenters. The molecule has 10 heteroatoms. The minimum Gasteiger partial charge on any atom is -0.504 e. The lowest BCUT2D eigenvalue weighted by Gasteiger charge is -2.24. The van der Waals surface area contributed by atoms with Crippen LogP contribution in [0.3, 0.4) is 0 Å². The summed E-state index contributed by atoms with van der Waals surface area (Å²) in [6, 6.07) is 1.96. The van der Waals surface area contributed by atoms with Crippen LogP contribution < -0.4 is 16.2 Å². The van der Waals surface area contributed by atoms with Crippen molar-refractivity contribution in [2.75, 3.05) is 13.1 Å². The van der Waals surface area contributed by atoms with Crippen LogP contribution in [0, 0.1) is 11.8 Å². The van der Waals surface area contributed by atoms with Gasteiger partial charge in [0.15, 0.2) is 17.5 Å². The summed E-state index contributed by atoms with van der Waals surface area (Å²) >= 11 is 0. The molecular weight excluding hydrogens is 548 g/mol. The second-order valence-electron chi connectivity index (χ2n) is 12.5. The number of aliphatic hydroxyl groups excluding tert-OH is 1. The number of nitrogens with zero attached hydrogens (tertiary/aromatic N) is 2. The van der Waals surface area contributed by atoms with Crippen LogP contribution in [-0.2, 0) is 27.3 Å². The molecule has 1 saturated heterocycles. The highest BCUT2D eigenvalue weighted by Gasteiger charge is 2.34. The summed E-state index contributed by atoms with van der Waals surface area (Å²) in [7, 11) is 0. The highest BCUT2D eigenvalue weighted by molar-refractivity contribution is 5.79. The molecule has 4 rings (SSSR count). The van der Waals surface area contributed by atoms with Crippen molar-refractivity contribution in [2.24, 2.45) is 28.3 Å². The molecule has 238 valence electrons. The van der Waals surface area contributed by atoms with Gasteiger partial charge in [-0.2, -0.15) is 0 Å². The molecule has 0 unspecified atom stereocenters. The lowest BCUT2D eigenvalue weighted by molar-refractivity contribution is -0.148. The van der Waals surface area contributed by atoms with Gasteiger partial charge in [-0.3, -0.25) is 14.6 Å². The third-order valence-corrected chi connectivity index (χ3v) is 8.97. The van der Waals surface area contributed by atoms with Crippen LogP contribution in [0.15, 0.2) is 17.1 Å². The summed E-state index contributed by atoms with van der Waals surface area (Å²) in [6.07, 6.45) is 12.7. The van der Waals surface area contributed by atoms with E-state index in [1.54, 1.807) is 4.90 Å². The number of phenols is 1. The second-order valence-corrected chi connectivity index (χ2v) is 12.5. The number of unbranched alkanes of at least 4 members (excludes halogenated alkanes) is 2. The van der Waals surface area contributed by atoms with Crippen LogP contribution in [0.5, 0.6) is 11.5 Å². The molecular formula is C33H50N4O6. The van der Waals surface area contributed by atoms with Gasteiger partial charge < -0.3 is 36.1 Å². The second kappa shape index (κ2) is 15.5. The number of aryl methyl sites for hydroxylation is 1. The molecule has 10 nitrogen and oxygen atoms in total. The van der Waals surface area contributed by atoms with E-state index in [9.17, 15) is 19.8 Å². The molecule has 0 radical (unpaired) electrons. The van der Waals surface area contributed by atoms with Gasteiger partial charge in [-0.15, -0.1) is 0 Å². The van der Waals surface area contributed by atoms with Crippen molar-refractivity contribution < 1.29 is 29.3 Å². The van der Waals surface area contributed by atoms with Crippen LogP contribution in [0.4, 0.5) is 0 Å². The predicted octanol–water partition coefficient (Wildman–Crippen LogP) is 4.17. The standard InChI is InChI=1S/C33H50N4O6/c1-3-4-5-8-26(39)18-27(42-21(2)38)12-10-24-17-25(20-37-19-22(16-30(37)40)14-15-36-33(34)35)31(41)32-28(24)13-11-23-7-6-9-29(23)43-32/h11,13,17,22-23,26-27,29,39,41H,3-10,12,14-16,18-20H2,1-2H3,(H4,34,35,36)/t22-,23+,26-,27+,29-/m0/s1. The normalized spacial score (nSPS) is 22.3. The Balaban J connectivity index is 1.55. The first-order valence-electron chi connectivity index (χ1n) is 16.1. The average molecular weight is 599 g/mol. The summed E-state index contributed by atoms with van der Waals surface area (Å²) in [6.45, 7) is 4.84. The van der Waals surface area contributed by atoms with Crippen LogP contribution in [0.25, 0.3) is 6.08 Å². The van der Waals surface area contributed by atoms with Gasteiger partial charge in [0.2, 0.25) is 5.91 Å². The zero-order chi connectivity index (χ0) is 30.9. The molecule has 1 aliphatic carbocycles. The van der Waals surface area contributed by atoms with E-state index in [1.807, 2.05) is 6.07 Å². The smallest absolute Gasteiger partial charge is 0.302 e. The highest BCUT2D eigenvalue weighted by Crippen LogP contribution is 2.45. The van der Waals surface area contributed by atoms with Crippen LogP contribution in [0.2, 0.25) is 0 Å². The summed E-state index contributed by atoms with van der Waals surface area (Å²) in [4.78, 5) is 30.7. The maximum absolute atomic E-state index is 12.9. The first-order valence-corrected chi connectivity index (χ1v) is 16.1. The summed E-state index contributed by atoms with van der Waals surface area (Å²) < 4.78 is 12.1. The minimum atomic E-state index is -0.535. The SMILES string of the molecule is CCCCC[C@H](O)C[C@@H](CCc1cc(CN2C[C@@H](CCN=C(N)N)CC2=O)c(O)c2c1C=C[C@H]1CCC[C@@H]1O2)OC(C)=O. The number of esters is 1. The zero-order valence-electron chi connectivity index (χ0n) is 25.8. The summed E-state index contributed by atoms with van der Waals surface area (Å²) in [5, 5.41) is 22.1. The predicted molar refractivity (Wildman–Crippen MR) is 166 cm³/mol. The quantitative estimate of drug-likeness (QED) is 0.101. The first kappa shape index (κ1) is 32.6. The molecule has 2 aliphatic heterocycles. The molecule has 1 amide bonds. The van der Waals surface area contributed by atoms with E-state index in [0.29, 0.717) is 68.8 Å². The van der Waals surface area contributed by atoms with Crippen molar-refractivity contribution in [3.8, 4) is 11.5 Å². The number of fused-ring (bicyclic) bond motifs is 2. The molecule has 0 bridgehead atoms. The monoisotopic (exact) mass is 598 g/mol. The van der Waals surface area contributed by atoms with Gasteiger partial charge in [0.1, 0.15) is 12.2 Å². The Kier molecular flexibility index (Phi) is 11.7. The number of benzene rings is 1. The third-order valence-electron chi connectivity index (χ3n) is 8.97. The summed E-state index contributed by atoms with van der Waals surface area (Å²) in [5.74, 6) is 0.701. The number of carbonyl (C=O) groups is 2. The Morgan fingerprint density at radius 1 is 1.23 bits per heavy atom. The molecule has 2 fully saturated rings. The molecule has 1 saturated carbocycles. The number of carbonyl (C=O) groups excluding carboxylic acids is 2. The van der Waals surface area contributed by atoms with Crippen molar-refractivity contribution >= 4 is 23.9 Å². The van der Waals surface area contributed by atoms with Gasteiger partial charge in [0.25, 0.3) is 0 Å². The van der Waals surface area contributed by atoms with E-state index in [-0.39, 0.29) is 42.2 Å². The zero-order valence-corrected chi connectivity index (χ0v) is 25.8. The van der Waals surface area contributed by atoms with Crippen LogP contribution >= 0.6 is 0 Å². The lowest BCUT2D eigenvalue weighted by Crippen LogP contribution is -2.26. The van der Waals surface area contributed by atoms with Crippen LogP contribution in [0.1, 0.15) is 101 Å². The third kappa shape index (κ3) is 9.11. The fourth-order valence-electron chi connectivity index (χ4n) is 6.71. The number of guanidine groups is 1. The number of amides is 1. The van der Waals surface area contributed by atoms with Gasteiger partial charge >= 0.3 is 5.97 Å². The van der Waals surface area contributed by atoms with Gasteiger partial charge in [-0.25, -0.2) is 0 Å². The van der Waals surface area contributed by atoms with Crippen molar-refractivity contribution in [3.05, 3.63) is 28.8 Å². The Labute approximate surface area is 255 Å². The Bertz CT molecular complexity index is 1180. The first-order chi connectivity index (χ1) is 20.6. The molecule has 1 aromatic rings. The Hall–Kier alpha value is -3.27. The number of hydrogen-bond acceptors (Lipinski definition) is 7. The lowest BCUT2D eigenvalue weighted by atomic mass is 9.94. The van der Waals surface area contributed by atoms with Crippen LogP contribution in [-0.4, -0.2) is 64.4 Å². The fourth-order valence-corrected chi connectivity index (χ4v) is 6.71. The number of ether oxygens (including phenoxy) is 2.